The van der Waals surface area contributed by atoms with E-state index in [1.54, 1.807) is 0 Å². The summed E-state index contributed by atoms with van der Waals surface area (Å²) in [4.78, 5) is 0. The van der Waals surface area contributed by atoms with Gasteiger partial charge in [-0.05, 0) is 0 Å². The van der Waals surface area contributed by atoms with Gasteiger partial charge in [-0.25, -0.2) is 38.5 Å². The Labute approximate surface area is 625 Å². The fourth-order valence-electron chi connectivity index (χ4n) is 2.70. The minimum Gasteiger partial charge on any atom is -0.334 e. The zero-order valence-electron chi connectivity index (χ0n) is 78.0. The summed E-state index contributed by atoms with van der Waals surface area (Å²) in [5.74, 6) is 0. The van der Waals surface area contributed by atoms with Gasteiger partial charge in [0, 0.05) is 40.2 Å². The fourth-order valence-corrected chi connectivity index (χ4v) is 2.70. The average Bonchev–Trinajstić information content (AvgIpc) is 3.67. The number of rotatable bonds is 20. The number of unbranched alkanes of at least 4 members (excludes halogenated alkanes) is 20. The van der Waals surface area contributed by atoms with Crippen molar-refractivity contribution < 1.29 is 40.2 Å². The molecule has 89 heavy (non-hydrogen) atoms. The Balaban J connectivity index is -0.0000000120. The molecule has 0 unspecified atom stereocenters. The summed E-state index contributed by atoms with van der Waals surface area (Å²) in [6.45, 7) is 122. The minimum absolute atomic E-state index is 0. The zero-order chi connectivity index (χ0) is 78.4. The van der Waals surface area contributed by atoms with E-state index in [0.29, 0.717) is 0 Å². The van der Waals surface area contributed by atoms with Gasteiger partial charge < -0.3 is 51.4 Å². The fraction of sp³-hybridized carbons (Fsp3) is 0.908. The van der Waals surface area contributed by atoms with Crippen LogP contribution in [0.2, 0.25) is 0 Å². The summed E-state index contributed by atoms with van der Waals surface area (Å²) in [6, 6.07) is 0. The molecule has 0 atom stereocenters. The van der Waals surface area contributed by atoms with Crippen LogP contribution in [-0.4, -0.2) is 0 Å². The molecular weight excluding hydrogens is 1430 g/mol. The van der Waals surface area contributed by atoms with Gasteiger partial charge in [0.15, 0.2) is 0 Å². The first-order chi connectivity index (χ1) is 42.5. The van der Waals surface area contributed by atoms with Crippen molar-refractivity contribution >= 4 is 0 Å². The molecule has 0 saturated carbocycles. The summed E-state index contributed by atoms with van der Waals surface area (Å²) in [5, 5.41) is 0. The molecule has 0 aliphatic rings. The van der Waals surface area contributed by atoms with Crippen LogP contribution >= 0.6 is 0 Å². The van der Waals surface area contributed by atoms with E-state index in [1.165, 1.54) is 116 Å². The van der Waals surface area contributed by atoms with E-state index >= 15 is 0 Å². The van der Waals surface area contributed by atoms with Gasteiger partial charge in [-0.2, -0.15) is 68.2 Å². The van der Waals surface area contributed by atoms with Gasteiger partial charge in [0.1, 0.15) is 0 Å². The molecule has 0 amide bonds. The maximum atomic E-state index is 2.25. The standard InChI is InChI=1S/C7H16.C7H14.C6H14.3C6H12.24C2H6.CH4.2Ir/c2*1-3-5-7-6-4-2;4*1-3-5-6-4-2;24*1-2;;;/h3-7H2,1-2H3;3-4H,5-7H2,1-2H3;3-6H2,1-2H3;3*3-4H,5-6H2,1-2H3;24*1-2H3;1H4;;/q;-2;;3*-2;;;;;;;;;;;;;;;;;;;;;;;;;;;. The molecule has 0 aromatic heterocycles. The molecule has 0 heterocycles. The smallest absolute Gasteiger partial charge is 0 e. The van der Waals surface area contributed by atoms with E-state index in [0.717, 1.165) is 0 Å². The topological polar surface area (TPSA) is 0 Å². The largest absolute Gasteiger partial charge is 0.334 e. The van der Waals surface area contributed by atoms with Gasteiger partial charge in [-0.15, -0.1) is 6.42 Å². The summed E-state index contributed by atoms with van der Waals surface area (Å²) in [7, 11) is 0. The summed E-state index contributed by atoms with van der Waals surface area (Å²) < 4.78 is 0. The van der Waals surface area contributed by atoms with Crippen LogP contribution < -0.4 is 0 Å². The molecule has 0 bridgehead atoms. The zero-order valence-corrected chi connectivity index (χ0v) is 82.8. The molecular formula is C87H228Ir2-8. The maximum absolute atomic E-state index is 2.25. The van der Waals surface area contributed by atoms with Gasteiger partial charge in [0.25, 0.3) is 0 Å². The molecule has 0 aliphatic carbocycles. The molecule has 602 valence electrons. The van der Waals surface area contributed by atoms with Crippen LogP contribution in [0, 0.1) is 51.4 Å². The van der Waals surface area contributed by atoms with Crippen molar-refractivity contribution in [1.82, 2.24) is 0 Å². The van der Waals surface area contributed by atoms with Gasteiger partial charge in [0.2, 0.25) is 0 Å². The average molecular weight is 1660 g/mol. The summed E-state index contributed by atoms with van der Waals surface area (Å²) in [5.41, 5.74) is 0. The molecule has 0 fully saturated rings. The second-order valence-electron chi connectivity index (χ2n) is 9.70. The van der Waals surface area contributed by atoms with Crippen molar-refractivity contribution in [3.05, 3.63) is 51.4 Å². The SMILES string of the molecule is C.CC.CC.CC.CC.CC.CC.CC.CC.CC.CC.CC.CC.CC.CC.CC.CC.CC.CC.CC.CC.CC.CC.CC.CC.CCCCCC.CCCCCCC.C[CH-]CCC[CH-]C.C[CH-]CC[CH-]C.C[CH-]CC[CH-]C.C[CH-]CC[CH-]C.[Ir].[Ir]. The Hall–Kier alpha value is 1.30. The molecule has 0 aromatic carbocycles. The Morgan fingerprint density at radius 2 is 0.213 bits per heavy atom. The van der Waals surface area contributed by atoms with Crippen LogP contribution in [0.3, 0.4) is 0 Å². The Morgan fingerprint density at radius 3 is 0.281 bits per heavy atom. The second kappa shape index (κ2) is 934. The maximum Gasteiger partial charge on any atom is 0 e. The third kappa shape index (κ3) is 1500. The van der Waals surface area contributed by atoms with Gasteiger partial charge >= 0.3 is 0 Å². The van der Waals surface area contributed by atoms with Crippen LogP contribution in [0.1, 0.15) is 538 Å². The quantitative estimate of drug-likeness (QED) is 0.0842. The third-order valence-electron chi connectivity index (χ3n) is 5.38. The van der Waals surface area contributed by atoms with Gasteiger partial charge in [0.05, 0.1) is 0 Å². The van der Waals surface area contributed by atoms with Crippen molar-refractivity contribution in [2.45, 2.75) is 538 Å². The molecule has 0 nitrogen and oxygen atoms in total. The monoisotopic (exact) mass is 1660 g/mol. The van der Waals surface area contributed by atoms with Gasteiger partial charge in [-0.3, -0.25) is 0 Å². The Bertz CT molecular complexity index is 192. The first-order valence-electron chi connectivity index (χ1n) is 40.7. The molecule has 0 rings (SSSR count). The van der Waals surface area contributed by atoms with Gasteiger partial charge in [-0.1, -0.05) is 425 Å². The first-order valence-corrected chi connectivity index (χ1v) is 40.7. The van der Waals surface area contributed by atoms with E-state index in [2.05, 4.69) is 134 Å². The Kier molecular flexibility index (Phi) is 2300. The molecule has 0 aromatic rings. The normalized spacial score (nSPS) is 5.53. The second-order valence-corrected chi connectivity index (χ2v) is 9.70. The summed E-state index contributed by atoms with van der Waals surface area (Å²) >= 11 is 0. The minimum atomic E-state index is 0. The van der Waals surface area contributed by atoms with E-state index < -0.39 is 0 Å². The molecule has 0 N–H and O–H groups in total. The van der Waals surface area contributed by atoms with Crippen molar-refractivity contribution in [1.29, 1.82) is 0 Å². The third-order valence-corrected chi connectivity index (χ3v) is 5.38. The summed E-state index contributed by atoms with van der Waals surface area (Å²) in [6.07, 6.45) is 41.3. The van der Waals surface area contributed by atoms with E-state index in [-0.39, 0.29) is 47.6 Å². The predicted molar refractivity (Wildman–Crippen MR) is 465 cm³/mol. The van der Waals surface area contributed by atoms with Crippen molar-refractivity contribution in [3.63, 3.8) is 0 Å². The van der Waals surface area contributed by atoms with Crippen molar-refractivity contribution in [2.75, 3.05) is 0 Å². The molecule has 2 radical (unpaired) electrons. The predicted octanol–water partition coefficient (Wildman–Crippen LogP) is 40.1. The van der Waals surface area contributed by atoms with Crippen molar-refractivity contribution in [2.24, 2.45) is 0 Å². The first kappa shape index (κ1) is 219. The van der Waals surface area contributed by atoms with E-state index in [1.807, 2.05) is 332 Å². The molecule has 0 aliphatic heterocycles. The van der Waals surface area contributed by atoms with E-state index in [4.69, 9.17) is 0 Å². The molecule has 2 heteroatoms. The van der Waals surface area contributed by atoms with E-state index in [9.17, 15) is 0 Å². The van der Waals surface area contributed by atoms with Crippen LogP contribution in [0.4, 0.5) is 0 Å². The van der Waals surface area contributed by atoms with Crippen LogP contribution in [0.5, 0.6) is 0 Å². The number of hydrogen-bond donors (Lipinski definition) is 0. The van der Waals surface area contributed by atoms with Crippen LogP contribution in [-0.2, 0) is 40.2 Å². The van der Waals surface area contributed by atoms with Crippen molar-refractivity contribution in [3.8, 4) is 0 Å². The molecule has 0 spiro atoms. The van der Waals surface area contributed by atoms with Crippen LogP contribution in [0.25, 0.3) is 0 Å². The van der Waals surface area contributed by atoms with Crippen LogP contribution in [0.15, 0.2) is 0 Å². The molecule has 0 saturated heterocycles. The number of hydrogen-bond acceptors (Lipinski definition) is 0. The Morgan fingerprint density at radius 1 is 0.135 bits per heavy atom.